The molecule has 0 saturated carbocycles. The first-order valence-corrected chi connectivity index (χ1v) is 10.3. The van der Waals surface area contributed by atoms with E-state index in [1.54, 1.807) is 0 Å². The van der Waals surface area contributed by atoms with Crippen LogP contribution in [0.3, 0.4) is 0 Å². The molecule has 0 aliphatic carbocycles. The van der Waals surface area contributed by atoms with Crippen molar-refractivity contribution in [3.05, 3.63) is 31.2 Å². The molecule has 2 heterocycles. The van der Waals surface area contributed by atoms with Gasteiger partial charge in [0.1, 0.15) is 6.04 Å². The fraction of sp³-hybridized carbons (Fsp3) is 0.267. The van der Waals surface area contributed by atoms with E-state index in [4.69, 9.17) is 46.4 Å². The Labute approximate surface area is 183 Å². The normalized spacial score (nSPS) is 14.4. The van der Waals surface area contributed by atoms with Gasteiger partial charge in [0, 0.05) is 0 Å². The lowest BCUT2D eigenvalue weighted by molar-refractivity contribution is -0.119. The summed E-state index contributed by atoms with van der Waals surface area (Å²) in [5.41, 5.74) is -0.376. The number of H-pyrrole nitrogens is 1. The van der Waals surface area contributed by atoms with Crippen molar-refractivity contribution in [1.82, 2.24) is 20.1 Å². The molecule has 0 spiro atoms. The summed E-state index contributed by atoms with van der Waals surface area (Å²) in [4.78, 5) is 42.9. The SMILES string of the molecule is CCSc1n[nH]c(NC(=O)C(C)N2C(=O)c3c(Cl)c(Cl)c(Cl)c(Cl)c3C2=O)n1. The molecule has 1 aliphatic rings. The molecule has 13 heteroatoms. The monoisotopic (exact) mass is 481 g/mol. The van der Waals surface area contributed by atoms with Crippen LogP contribution in [0.4, 0.5) is 5.95 Å². The van der Waals surface area contributed by atoms with Crippen LogP contribution >= 0.6 is 58.2 Å². The second-order valence-corrected chi connectivity index (χ2v) is 8.29. The molecule has 1 aromatic heterocycles. The Balaban J connectivity index is 1.88. The number of hydrogen-bond donors (Lipinski definition) is 2. The average molecular weight is 483 g/mol. The molecule has 28 heavy (non-hydrogen) atoms. The largest absolute Gasteiger partial charge is 0.293 e. The van der Waals surface area contributed by atoms with Gasteiger partial charge in [-0.25, -0.2) is 5.10 Å². The minimum Gasteiger partial charge on any atom is -0.293 e. The van der Waals surface area contributed by atoms with E-state index >= 15 is 0 Å². The molecule has 3 rings (SSSR count). The van der Waals surface area contributed by atoms with E-state index in [1.165, 1.54) is 18.7 Å². The number of carbonyl (C=O) groups excluding carboxylic acids is 3. The maximum Gasteiger partial charge on any atom is 0.263 e. The van der Waals surface area contributed by atoms with Crippen LogP contribution in [0.2, 0.25) is 20.1 Å². The van der Waals surface area contributed by atoms with Gasteiger partial charge in [0.15, 0.2) is 0 Å². The Morgan fingerprint density at radius 2 is 1.64 bits per heavy atom. The lowest BCUT2D eigenvalue weighted by atomic mass is 10.1. The van der Waals surface area contributed by atoms with Crippen molar-refractivity contribution >= 4 is 81.8 Å². The van der Waals surface area contributed by atoms with Crippen molar-refractivity contribution in [2.45, 2.75) is 25.0 Å². The minimum atomic E-state index is -1.19. The zero-order valence-corrected chi connectivity index (χ0v) is 18.1. The van der Waals surface area contributed by atoms with E-state index in [-0.39, 0.29) is 37.2 Å². The fourth-order valence-corrected chi connectivity index (χ4v) is 4.09. The van der Waals surface area contributed by atoms with Crippen molar-refractivity contribution in [2.24, 2.45) is 0 Å². The predicted molar refractivity (Wildman–Crippen MR) is 108 cm³/mol. The van der Waals surface area contributed by atoms with E-state index in [2.05, 4.69) is 20.5 Å². The van der Waals surface area contributed by atoms with E-state index < -0.39 is 23.8 Å². The van der Waals surface area contributed by atoms with Gasteiger partial charge in [-0.3, -0.25) is 24.6 Å². The topological polar surface area (TPSA) is 108 Å². The number of anilines is 1. The number of carbonyl (C=O) groups is 3. The summed E-state index contributed by atoms with van der Waals surface area (Å²) in [7, 11) is 0. The zero-order valence-electron chi connectivity index (χ0n) is 14.3. The van der Waals surface area contributed by atoms with Gasteiger partial charge in [0.25, 0.3) is 11.8 Å². The van der Waals surface area contributed by atoms with Gasteiger partial charge in [0.2, 0.25) is 17.0 Å². The summed E-state index contributed by atoms with van der Waals surface area (Å²) in [6, 6.07) is -1.19. The minimum absolute atomic E-state index is 0.0894. The Hall–Kier alpha value is -1.52. The third-order valence-corrected chi connectivity index (χ3v) is 6.41. The van der Waals surface area contributed by atoms with Crippen LogP contribution in [-0.2, 0) is 4.79 Å². The first-order chi connectivity index (χ1) is 13.2. The number of rotatable bonds is 5. The molecule has 2 N–H and O–H groups in total. The van der Waals surface area contributed by atoms with Crippen molar-refractivity contribution in [1.29, 1.82) is 0 Å². The molecule has 8 nitrogen and oxygen atoms in total. The van der Waals surface area contributed by atoms with E-state index in [0.29, 0.717) is 5.16 Å². The van der Waals surface area contributed by atoms with Crippen LogP contribution in [0.25, 0.3) is 0 Å². The number of fused-ring (bicyclic) bond motifs is 1. The van der Waals surface area contributed by atoms with Crippen LogP contribution in [0.1, 0.15) is 34.6 Å². The van der Waals surface area contributed by atoms with Crippen LogP contribution in [-0.4, -0.2) is 49.6 Å². The lowest BCUT2D eigenvalue weighted by Gasteiger charge is -2.21. The molecule has 148 valence electrons. The Morgan fingerprint density at radius 3 is 2.14 bits per heavy atom. The van der Waals surface area contributed by atoms with Gasteiger partial charge in [-0.05, 0) is 12.7 Å². The number of hydrogen-bond acceptors (Lipinski definition) is 6. The molecule has 0 radical (unpaired) electrons. The number of amides is 3. The van der Waals surface area contributed by atoms with Crippen LogP contribution in [0, 0.1) is 0 Å². The zero-order chi connectivity index (χ0) is 20.7. The Kier molecular flexibility index (Phi) is 6.11. The maximum atomic E-state index is 12.8. The molecule has 0 fully saturated rings. The van der Waals surface area contributed by atoms with E-state index in [9.17, 15) is 14.4 Å². The van der Waals surface area contributed by atoms with Crippen LogP contribution in [0.15, 0.2) is 5.16 Å². The number of aromatic amines is 1. The molecule has 1 atom stereocenters. The maximum absolute atomic E-state index is 12.8. The highest BCUT2D eigenvalue weighted by molar-refractivity contribution is 7.99. The number of aromatic nitrogens is 3. The summed E-state index contributed by atoms with van der Waals surface area (Å²) in [6.07, 6.45) is 0. The summed E-state index contributed by atoms with van der Waals surface area (Å²) in [5, 5.41) is 8.72. The summed E-state index contributed by atoms with van der Waals surface area (Å²) in [6.45, 7) is 3.30. The first kappa shape index (κ1) is 21.2. The number of halogens is 4. The second kappa shape index (κ2) is 8.08. The molecule has 2 aromatic rings. The van der Waals surface area contributed by atoms with Crippen molar-refractivity contribution < 1.29 is 14.4 Å². The van der Waals surface area contributed by atoms with E-state index in [0.717, 1.165) is 10.7 Å². The molecule has 0 bridgehead atoms. The molecule has 1 aromatic carbocycles. The number of thioether (sulfide) groups is 1. The van der Waals surface area contributed by atoms with Crippen molar-refractivity contribution in [2.75, 3.05) is 11.1 Å². The number of nitrogens with one attached hydrogen (secondary N) is 2. The van der Waals surface area contributed by atoms with Crippen molar-refractivity contribution in [3.8, 4) is 0 Å². The quantitative estimate of drug-likeness (QED) is 0.287. The van der Waals surface area contributed by atoms with Gasteiger partial charge in [0.05, 0.1) is 31.2 Å². The van der Waals surface area contributed by atoms with Gasteiger partial charge in [-0.1, -0.05) is 65.1 Å². The molecule has 1 unspecified atom stereocenters. The fourth-order valence-electron chi connectivity index (χ4n) is 2.55. The number of nitrogens with zero attached hydrogens (tertiary/aromatic N) is 3. The summed E-state index contributed by atoms with van der Waals surface area (Å²) in [5.74, 6) is -1.42. The second-order valence-electron chi connectivity index (χ2n) is 5.55. The van der Waals surface area contributed by atoms with Crippen LogP contribution < -0.4 is 5.32 Å². The molecule has 1 aliphatic heterocycles. The van der Waals surface area contributed by atoms with Gasteiger partial charge < -0.3 is 0 Å². The number of imide groups is 1. The van der Waals surface area contributed by atoms with Gasteiger partial charge in [-0.15, -0.1) is 5.10 Å². The van der Waals surface area contributed by atoms with Crippen molar-refractivity contribution in [3.63, 3.8) is 0 Å². The lowest BCUT2D eigenvalue weighted by Crippen LogP contribution is -2.45. The third-order valence-electron chi connectivity index (χ3n) is 3.88. The highest BCUT2D eigenvalue weighted by atomic mass is 35.5. The molecule has 0 saturated heterocycles. The third kappa shape index (κ3) is 3.46. The van der Waals surface area contributed by atoms with Crippen LogP contribution in [0.5, 0.6) is 0 Å². The molecular formula is C15H11Cl4N5O3S. The van der Waals surface area contributed by atoms with E-state index in [1.807, 2.05) is 6.92 Å². The number of benzene rings is 1. The Morgan fingerprint density at radius 1 is 1.11 bits per heavy atom. The summed E-state index contributed by atoms with van der Waals surface area (Å²) < 4.78 is 0. The highest BCUT2D eigenvalue weighted by Crippen LogP contribution is 2.45. The molecular weight excluding hydrogens is 472 g/mol. The average Bonchev–Trinajstić information content (AvgIpc) is 3.19. The first-order valence-electron chi connectivity index (χ1n) is 7.78. The smallest absolute Gasteiger partial charge is 0.263 e. The Bertz CT molecular complexity index is 965. The summed E-state index contributed by atoms with van der Waals surface area (Å²) >= 11 is 25.5. The molecule has 3 amide bonds. The van der Waals surface area contributed by atoms with Gasteiger partial charge >= 0.3 is 0 Å². The predicted octanol–water partition coefficient (Wildman–Crippen LogP) is 4.15. The standard InChI is InChI=1S/C15H11Cl4N5O3S/c1-3-28-15-21-14(22-23-15)20-11(25)4(2)24-12(26)5-6(13(24)27)8(17)10(19)9(18)7(5)16/h4H,3H2,1-2H3,(H2,20,21,22,23,25). The highest BCUT2D eigenvalue weighted by Gasteiger charge is 2.45. The van der Waals surface area contributed by atoms with Gasteiger partial charge in [-0.2, -0.15) is 4.98 Å².